The SMILES string of the molecule is [2H]c1c([2H])c([C@]2([2H])Nc3cc(F)cc4c3C(=NCC4=O)[C@@]2([2H])c2ncnn2C([2H])([2H])[2H])c([2H])c([2H])c1F. The summed E-state index contributed by atoms with van der Waals surface area (Å²) < 4.78 is 104. The van der Waals surface area contributed by atoms with E-state index in [0.29, 0.717) is 4.68 Å². The highest BCUT2D eigenvalue weighted by Gasteiger charge is 2.42. The third-order valence-electron chi connectivity index (χ3n) is 4.38. The number of rotatable bonds is 2. The molecule has 0 bridgehead atoms. The molecular weight excluding hydrogens is 364 g/mol. The van der Waals surface area contributed by atoms with Crippen molar-refractivity contribution in [1.29, 1.82) is 0 Å². The van der Waals surface area contributed by atoms with E-state index in [1.165, 1.54) is 0 Å². The lowest BCUT2D eigenvalue weighted by molar-refractivity contribution is 0.0999. The van der Waals surface area contributed by atoms with Gasteiger partial charge in [-0.3, -0.25) is 14.5 Å². The van der Waals surface area contributed by atoms with E-state index in [0.717, 1.165) is 18.5 Å². The largest absolute Gasteiger partial charge is 0.376 e. The summed E-state index contributed by atoms with van der Waals surface area (Å²) in [6.45, 7) is -3.63. The summed E-state index contributed by atoms with van der Waals surface area (Å²) in [6, 6.07) is -5.49. The van der Waals surface area contributed by atoms with Gasteiger partial charge in [-0.15, -0.1) is 0 Å². The van der Waals surface area contributed by atoms with Crippen LogP contribution in [0.15, 0.2) is 47.6 Å². The van der Waals surface area contributed by atoms with Crippen LogP contribution in [0.3, 0.4) is 0 Å². The van der Waals surface area contributed by atoms with Crippen LogP contribution < -0.4 is 5.32 Å². The van der Waals surface area contributed by atoms with Crippen LogP contribution in [0.4, 0.5) is 14.5 Å². The first kappa shape index (κ1) is 9.68. The fraction of sp³-hybridized carbons (Fsp3) is 0.200. The molecule has 0 aliphatic carbocycles. The Morgan fingerprint density at radius 3 is 2.89 bits per heavy atom. The fourth-order valence-corrected chi connectivity index (χ4v) is 3.25. The highest BCUT2D eigenvalue weighted by atomic mass is 19.1. The Morgan fingerprint density at radius 1 is 1.29 bits per heavy atom. The summed E-state index contributed by atoms with van der Waals surface area (Å²) in [5, 5.41) is 6.17. The predicted molar refractivity (Wildman–Crippen MR) is 98.6 cm³/mol. The molecule has 2 aliphatic rings. The van der Waals surface area contributed by atoms with Gasteiger partial charge in [0.05, 0.1) is 24.5 Å². The second-order valence-electron chi connectivity index (χ2n) is 6.02. The number of nitrogens with one attached hydrogen (secondary N) is 1. The minimum atomic E-state index is -3.03. The van der Waals surface area contributed by atoms with Crippen LogP contribution in [0.25, 0.3) is 0 Å². The van der Waals surface area contributed by atoms with Crippen molar-refractivity contribution in [2.75, 3.05) is 11.9 Å². The van der Waals surface area contributed by atoms with Gasteiger partial charge in [0, 0.05) is 29.3 Å². The number of halogens is 2. The molecule has 0 spiro atoms. The van der Waals surface area contributed by atoms with Crippen LogP contribution in [0.2, 0.25) is 0 Å². The molecule has 0 radical (unpaired) electrons. The third-order valence-corrected chi connectivity index (χ3v) is 4.38. The van der Waals surface area contributed by atoms with E-state index in [1.54, 1.807) is 0 Å². The van der Waals surface area contributed by atoms with Gasteiger partial charge in [-0.1, -0.05) is 12.1 Å². The lowest BCUT2D eigenvalue weighted by atomic mass is 9.78. The number of carbonyl (C=O) groups excluding carboxylic acids is 1. The maximum Gasteiger partial charge on any atom is 0.185 e. The van der Waals surface area contributed by atoms with E-state index in [1.807, 2.05) is 0 Å². The molecule has 0 saturated heterocycles. The molecule has 8 heteroatoms. The standard InChI is InChI=1S/C20H15F2N5O/c1-27-20(24-9-25-27)17-18(10-2-4-11(21)5-3-10)26-14-7-12(22)6-13-15(28)8-23-19(17)16(13)14/h2-7,9,17-18,26H,8H2,1H3/t17-,18-/m0/s1/i1D3,2D,3D,4D,5D,17D,18D. The maximum atomic E-state index is 14.5. The first-order valence-corrected chi connectivity index (χ1v) is 8.02. The predicted octanol–water partition coefficient (Wildman–Crippen LogP) is 3.03. The van der Waals surface area contributed by atoms with E-state index >= 15 is 0 Å². The van der Waals surface area contributed by atoms with E-state index in [-0.39, 0.29) is 16.8 Å². The molecular formula is C20H15F2N5O. The molecule has 3 heterocycles. The van der Waals surface area contributed by atoms with Gasteiger partial charge in [0.25, 0.3) is 0 Å². The topological polar surface area (TPSA) is 72.2 Å². The summed E-state index contributed by atoms with van der Waals surface area (Å²) in [4.78, 5) is 20.6. The maximum absolute atomic E-state index is 14.5. The summed E-state index contributed by atoms with van der Waals surface area (Å²) >= 11 is 0. The number of nitrogens with zero attached hydrogens (tertiary/aromatic N) is 4. The summed E-state index contributed by atoms with van der Waals surface area (Å²) in [5.41, 5.74) is -1.83. The number of aryl methyl sites for hydroxylation is 1. The number of carbonyl (C=O) groups is 1. The smallest absolute Gasteiger partial charge is 0.185 e. The molecule has 6 nitrogen and oxygen atoms in total. The Hall–Kier alpha value is -3.42. The minimum Gasteiger partial charge on any atom is -0.376 e. The van der Waals surface area contributed by atoms with Crippen molar-refractivity contribution in [1.82, 2.24) is 14.8 Å². The number of benzene rings is 2. The number of anilines is 1. The zero-order valence-electron chi connectivity index (χ0n) is 22.9. The van der Waals surface area contributed by atoms with Crippen molar-refractivity contribution in [2.24, 2.45) is 12.0 Å². The molecule has 3 aromatic rings. The van der Waals surface area contributed by atoms with Gasteiger partial charge in [0.15, 0.2) is 5.78 Å². The minimum absolute atomic E-state index is 0.118. The Balaban J connectivity index is 1.97. The Bertz CT molecular complexity index is 1530. The average molecular weight is 388 g/mol. The highest BCUT2D eigenvalue weighted by Crippen LogP contribution is 2.44. The van der Waals surface area contributed by atoms with Gasteiger partial charge in [-0.05, 0) is 29.8 Å². The van der Waals surface area contributed by atoms with Crippen molar-refractivity contribution >= 4 is 17.2 Å². The normalized spacial score (nSPS) is 30.7. The van der Waals surface area contributed by atoms with Gasteiger partial charge in [-0.2, -0.15) is 5.10 Å². The quantitative estimate of drug-likeness (QED) is 0.733. The van der Waals surface area contributed by atoms with Gasteiger partial charge < -0.3 is 5.32 Å². The summed E-state index contributed by atoms with van der Waals surface area (Å²) in [6.07, 6.45) is 0.799. The van der Waals surface area contributed by atoms with Crippen LogP contribution in [0.1, 0.15) is 51.6 Å². The molecule has 140 valence electrons. The molecule has 2 atom stereocenters. The van der Waals surface area contributed by atoms with Crippen LogP contribution in [-0.4, -0.2) is 32.8 Å². The molecule has 0 amide bonds. The molecule has 0 unspecified atom stereocenters. The Morgan fingerprint density at radius 2 is 2.11 bits per heavy atom. The fourth-order valence-electron chi connectivity index (χ4n) is 3.25. The van der Waals surface area contributed by atoms with Crippen molar-refractivity contribution < 1.29 is 25.9 Å². The Kier molecular flexibility index (Phi) is 2.09. The van der Waals surface area contributed by atoms with Crippen molar-refractivity contribution in [3.63, 3.8) is 0 Å². The van der Waals surface area contributed by atoms with Crippen LogP contribution in [0, 0.1) is 11.6 Å². The lowest BCUT2D eigenvalue weighted by Crippen LogP contribution is -2.37. The molecule has 0 saturated carbocycles. The van der Waals surface area contributed by atoms with E-state index in [2.05, 4.69) is 20.4 Å². The molecule has 2 aromatic carbocycles. The zero-order chi connectivity index (χ0) is 27.2. The van der Waals surface area contributed by atoms with E-state index < -0.39 is 84.1 Å². The second-order valence-corrected chi connectivity index (χ2v) is 6.02. The number of aromatic nitrogens is 3. The first-order valence-electron chi connectivity index (χ1n) is 12.5. The number of Topliss-reactive ketones (excluding diaryl/α,β-unsaturated/α-hetero) is 1. The Labute approximate surface area is 171 Å². The van der Waals surface area contributed by atoms with Crippen LogP contribution >= 0.6 is 0 Å². The number of hydrogen-bond donors (Lipinski definition) is 1. The van der Waals surface area contributed by atoms with E-state index in [4.69, 9.17) is 9.60 Å². The van der Waals surface area contributed by atoms with Gasteiger partial charge in [-0.25, -0.2) is 13.8 Å². The van der Waals surface area contributed by atoms with Crippen molar-refractivity contribution in [2.45, 2.75) is 11.9 Å². The monoisotopic (exact) mass is 388 g/mol. The molecule has 2 aliphatic heterocycles. The molecule has 1 N–H and O–H groups in total. The number of ketones is 1. The molecule has 0 fully saturated rings. The molecule has 5 rings (SSSR count). The first-order chi connectivity index (χ1) is 17.1. The number of hydrogen-bond acceptors (Lipinski definition) is 5. The third kappa shape index (κ3) is 2.45. The average Bonchev–Trinajstić information content (AvgIpc) is 3.32. The second kappa shape index (κ2) is 6.05. The van der Waals surface area contributed by atoms with Gasteiger partial charge in [0.2, 0.25) is 0 Å². The highest BCUT2D eigenvalue weighted by molar-refractivity contribution is 6.21. The van der Waals surface area contributed by atoms with Crippen LogP contribution in [0.5, 0.6) is 0 Å². The molecule has 28 heavy (non-hydrogen) atoms. The summed E-state index contributed by atoms with van der Waals surface area (Å²) in [7, 11) is 0. The summed E-state index contributed by atoms with van der Waals surface area (Å²) in [5.74, 6) is -6.57. The number of aliphatic imine (C=N–C) groups is 1. The van der Waals surface area contributed by atoms with Gasteiger partial charge >= 0.3 is 0 Å². The van der Waals surface area contributed by atoms with Crippen LogP contribution in [-0.2, 0) is 6.98 Å². The zero-order valence-corrected chi connectivity index (χ0v) is 13.9. The van der Waals surface area contributed by atoms with E-state index in [9.17, 15) is 16.3 Å². The molecule has 1 aromatic heterocycles. The van der Waals surface area contributed by atoms with Crippen molar-refractivity contribution in [3.05, 3.63) is 76.8 Å². The lowest BCUT2D eigenvalue weighted by Gasteiger charge is -2.37. The van der Waals surface area contributed by atoms with Crippen molar-refractivity contribution in [3.8, 4) is 0 Å². The van der Waals surface area contributed by atoms with Gasteiger partial charge in [0.1, 0.15) is 30.3 Å².